The number of aromatic nitrogens is 1. The van der Waals surface area contributed by atoms with Crippen LogP contribution in [0.15, 0.2) is 5.38 Å². The van der Waals surface area contributed by atoms with Gasteiger partial charge in [-0.15, -0.1) is 11.3 Å². The van der Waals surface area contributed by atoms with Crippen LogP contribution in [0.1, 0.15) is 12.6 Å². The fourth-order valence-corrected chi connectivity index (χ4v) is 3.04. The number of hydrogen-bond acceptors (Lipinski definition) is 6. The van der Waals surface area contributed by atoms with Gasteiger partial charge in [-0.2, -0.15) is 0 Å². The van der Waals surface area contributed by atoms with Crippen molar-refractivity contribution in [2.24, 2.45) is 0 Å². The van der Waals surface area contributed by atoms with Gasteiger partial charge in [0, 0.05) is 45.7 Å². The highest BCUT2D eigenvalue weighted by molar-refractivity contribution is 7.13. The Morgan fingerprint density at radius 1 is 1.43 bits per heavy atom. The minimum Gasteiger partial charge on any atom is -0.354 e. The van der Waals surface area contributed by atoms with Crippen LogP contribution >= 0.6 is 11.3 Å². The maximum Gasteiger partial charge on any atom is 0.237 e. The molecule has 1 aliphatic heterocycles. The van der Waals surface area contributed by atoms with E-state index in [9.17, 15) is 4.79 Å². The summed E-state index contributed by atoms with van der Waals surface area (Å²) >= 11 is 1.59. The number of nitrogens with zero attached hydrogens (tertiary/aromatic N) is 4. The molecule has 0 bridgehead atoms. The second-order valence-corrected chi connectivity index (χ2v) is 6.59. The molecule has 1 aliphatic rings. The third-order valence-corrected chi connectivity index (χ3v) is 4.89. The van der Waals surface area contributed by atoms with Gasteiger partial charge in [-0.1, -0.05) is 0 Å². The molecule has 0 saturated carbocycles. The fourth-order valence-electron chi connectivity index (χ4n) is 2.28. The van der Waals surface area contributed by atoms with Crippen LogP contribution in [0, 0.1) is 0 Å². The molecule has 0 aliphatic carbocycles. The zero-order chi connectivity index (χ0) is 15.4. The van der Waals surface area contributed by atoms with Crippen LogP contribution in [0.3, 0.4) is 0 Å². The van der Waals surface area contributed by atoms with Gasteiger partial charge in [-0.05, 0) is 14.0 Å². The van der Waals surface area contributed by atoms with E-state index in [1.165, 1.54) is 0 Å². The molecule has 1 fully saturated rings. The van der Waals surface area contributed by atoms with Crippen molar-refractivity contribution in [1.29, 1.82) is 0 Å². The molecule has 0 aromatic carbocycles. The van der Waals surface area contributed by atoms with Gasteiger partial charge in [0.05, 0.1) is 18.3 Å². The van der Waals surface area contributed by atoms with Gasteiger partial charge < -0.3 is 15.1 Å². The highest BCUT2D eigenvalue weighted by Crippen LogP contribution is 2.17. The number of piperazine rings is 1. The monoisotopic (exact) mass is 311 g/mol. The third-order valence-electron chi connectivity index (χ3n) is 3.83. The molecule has 0 spiro atoms. The lowest BCUT2D eigenvalue weighted by Crippen LogP contribution is -2.52. The molecule has 1 aromatic heterocycles. The zero-order valence-electron chi connectivity index (χ0n) is 13.3. The van der Waals surface area contributed by atoms with Gasteiger partial charge in [0.25, 0.3) is 0 Å². The second kappa shape index (κ2) is 7.20. The van der Waals surface area contributed by atoms with Crippen LogP contribution < -0.4 is 10.2 Å². The summed E-state index contributed by atoms with van der Waals surface area (Å²) in [5.74, 6) is 0.0824. The van der Waals surface area contributed by atoms with Crippen molar-refractivity contribution in [2.75, 3.05) is 52.2 Å². The molecule has 118 valence electrons. The maximum absolute atomic E-state index is 12.2. The lowest BCUT2D eigenvalue weighted by molar-refractivity contribution is -0.126. The molecule has 2 heterocycles. The Morgan fingerprint density at radius 3 is 2.67 bits per heavy atom. The molecular formula is C14H25N5OS. The highest BCUT2D eigenvalue weighted by atomic mass is 32.1. The highest BCUT2D eigenvalue weighted by Gasteiger charge is 2.24. The Balaban J connectivity index is 1.80. The summed E-state index contributed by atoms with van der Waals surface area (Å²) in [6.07, 6.45) is 0. The number of rotatable bonds is 5. The Kier molecular flexibility index (Phi) is 5.55. The number of anilines is 1. The number of thiazole rings is 1. The average Bonchev–Trinajstić information content (AvgIpc) is 2.94. The number of hydrogen-bond donors (Lipinski definition) is 1. The van der Waals surface area contributed by atoms with Gasteiger partial charge in [-0.3, -0.25) is 9.69 Å². The minimum absolute atomic E-state index is 0.0781. The molecule has 1 aromatic rings. The number of carbonyl (C=O) groups is 1. The SMILES string of the molecule is C[C@@H](C(=O)NCc1csc(N(C)C)n1)N1CCN(C)CC1. The Morgan fingerprint density at radius 2 is 2.10 bits per heavy atom. The van der Waals surface area contributed by atoms with Crippen LogP contribution in [0.25, 0.3) is 0 Å². The van der Waals surface area contributed by atoms with Gasteiger partial charge >= 0.3 is 0 Å². The van der Waals surface area contributed by atoms with Crippen molar-refractivity contribution in [2.45, 2.75) is 19.5 Å². The van der Waals surface area contributed by atoms with E-state index in [0.717, 1.165) is 37.0 Å². The zero-order valence-corrected chi connectivity index (χ0v) is 14.1. The molecular weight excluding hydrogens is 286 g/mol. The summed E-state index contributed by atoms with van der Waals surface area (Å²) in [5.41, 5.74) is 0.919. The summed E-state index contributed by atoms with van der Waals surface area (Å²) in [5, 5.41) is 5.95. The number of nitrogens with one attached hydrogen (secondary N) is 1. The van der Waals surface area contributed by atoms with Crippen molar-refractivity contribution >= 4 is 22.4 Å². The Hall–Kier alpha value is -1.18. The Bertz CT molecular complexity index is 468. The van der Waals surface area contributed by atoms with Crippen LogP contribution in [0.2, 0.25) is 0 Å². The van der Waals surface area contributed by atoms with Crippen molar-refractivity contribution in [3.63, 3.8) is 0 Å². The van der Waals surface area contributed by atoms with E-state index in [2.05, 4.69) is 27.1 Å². The first-order valence-corrected chi connectivity index (χ1v) is 8.17. The number of likely N-dealkylation sites (N-methyl/N-ethyl adjacent to an activating group) is 1. The summed E-state index contributed by atoms with van der Waals surface area (Å²) in [4.78, 5) is 23.2. The molecule has 1 N–H and O–H groups in total. The largest absolute Gasteiger partial charge is 0.354 e. The molecule has 2 rings (SSSR count). The van der Waals surface area contributed by atoms with Crippen molar-refractivity contribution in [1.82, 2.24) is 20.1 Å². The van der Waals surface area contributed by atoms with Crippen molar-refractivity contribution < 1.29 is 4.79 Å². The van der Waals surface area contributed by atoms with Crippen molar-refractivity contribution in [3.05, 3.63) is 11.1 Å². The molecule has 7 heteroatoms. The minimum atomic E-state index is -0.0781. The quantitative estimate of drug-likeness (QED) is 0.856. The molecule has 21 heavy (non-hydrogen) atoms. The summed E-state index contributed by atoms with van der Waals surface area (Å²) in [7, 11) is 6.06. The van der Waals surface area contributed by atoms with E-state index in [1.807, 2.05) is 31.3 Å². The third kappa shape index (κ3) is 4.39. The van der Waals surface area contributed by atoms with Gasteiger partial charge in [-0.25, -0.2) is 4.98 Å². The van der Waals surface area contributed by atoms with Crippen molar-refractivity contribution in [3.8, 4) is 0 Å². The van der Waals surface area contributed by atoms with Gasteiger partial charge in [0.15, 0.2) is 5.13 Å². The van der Waals surface area contributed by atoms with Gasteiger partial charge in [0.2, 0.25) is 5.91 Å². The first-order chi connectivity index (χ1) is 9.97. The van der Waals surface area contributed by atoms with Crippen LogP contribution in [-0.4, -0.2) is 74.1 Å². The Labute approximate surface area is 130 Å². The smallest absolute Gasteiger partial charge is 0.237 e. The fraction of sp³-hybridized carbons (Fsp3) is 0.714. The van der Waals surface area contributed by atoms with Crippen LogP contribution in [0.4, 0.5) is 5.13 Å². The van der Waals surface area contributed by atoms with E-state index in [4.69, 9.17) is 0 Å². The molecule has 0 unspecified atom stereocenters. The molecule has 1 amide bonds. The topological polar surface area (TPSA) is 51.7 Å². The number of amides is 1. The van der Waals surface area contributed by atoms with E-state index < -0.39 is 0 Å². The first-order valence-electron chi connectivity index (χ1n) is 7.29. The molecule has 6 nitrogen and oxygen atoms in total. The average molecular weight is 311 g/mol. The maximum atomic E-state index is 12.2. The lowest BCUT2D eigenvalue weighted by atomic mass is 10.2. The predicted octanol–water partition coefficient (Wildman–Crippen LogP) is 0.461. The van der Waals surface area contributed by atoms with Crippen LogP contribution in [-0.2, 0) is 11.3 Å². The van der Waals surface area contributed by atoms with Crippen LogP contribution in [0.5, 0.6) is 0 Å². The summed E-state index contributed by atoms with van der Waals surface area (Å²) in [6, 6.07) is -0.0781. The second-order valence-electron chi connectivity index (χ2n) is 5.75. The summed E-state index contributed by atoms with van der Waals surface area (Å²) in [6.45, 7) is 6.43. The van der Waals surface area contributed by atoms with E-state index in [0.29, 0.717) is 6.54 Å². The molecule has 1 saturated heterocycles. The predicted molar refractivity (Wildman–Crippen MR) is 86.8 cm³/mol. The lowest BCUT2D eigenvalue weighted by Gasteiger charge is -2.35. The standard InChI is InChI=1S/C14H25N5OS/c1-11(19-7-5-18(4)6-8-19)13(20)15-9-12-10-21-14(16-12)17(2)3/h10-11H,5-9H2,1-4H3,(H,15,20)/t11-/m0/s1. The summed E-state index contributed by atoms with van der Waals surface area (Å²) < 4.78 is 0. The van der Waals surface area contributed by atoms with E-state index >= 15 is 0 Å². The van der Waals surface area contributed by atoms with E-state index in [-0.39, 0.29) is 11.9 Å². The van der Waals surface area contributed by atoms with Gasteiger partial charge in [0.1, 0.15) is 0 Å². The number of carbonyl (C=O) groups excluding carboxylic acids is 1. The normalized spacial score (nSPS) is 18.5. The molecule has 0 radical (unpaired) electrons. The first kappa shape index (κ1) is 16.2. The molecule has 1 atom stereocenters. The van der Waals surface area contributed by atoms with E-state index in [1.54, 1.807) is 11.3 Å².